The summed E-state index contributed by atoms with van der Waals surface area (Å²) >= 11 is 1.84. The van der Waals surface area contributed by atoms with Crippen LogP contribution in [0.25, 0.3) is 0 Å². The van der Waals surface area contributed by atoms with Gasteiger partial charge >= 0.3 is 0 Å². The molecule has 2 rings (SSSR count). The Kier molecular flexibility index (Phi) is 8.51. The van der Waals surface area contributed by atoms with Crippen LogP contribution < -0.4 is 0 Å². The van der Waals surface area contributed by atoms with Crippen LogP contribution in [0.2, 0.25) is 0 Å². The highest BCUT2D eigenvalue weighted by molar-refractivity contribution is 7.98. The Bertz CT molecular complexity index is 851. The zero-order valence-corrected chi connectivity index (χ0v) is 19.4. The van der Waals surface area contributed by atoms with Gasteiger partial charge in [-0.15, -0.1) is 0 Å². The zero-order chi connectivity index (χ0) is 21.4. The highest BCUT2D eigenvalue weighted by Gasteiger charge is 2.32. The molecule has 0 saturated carbocycles. The number of ketones is 1. The van der Waals surface area contributed by atoms with Crippen LogP contribution in [0.4, 0.5) is 0 Å². The van der Waals surface area contributed by atoms with Crippen molar-refractivity contribution in [1.29, 1.82) is 0 Å². The van der Waals surface area contributed by atoms with Crippen molar-refractivity contribution in [1.82, 2.24) is 8.96 Å². The van der Waals surface area contributed by atoms with Gasteiger partial charge in [0.2, 0.25) is 0 Å². The summed E-state index contributed by atoms with van der Waals surface area (Å²) < 4.78 is 2.10. The maximum Gasteiger partial charge on any atom is 0.155 e. The molecule has 4 heteroatoms. The molecule has 0 fully saturated rings. The molecule has 0 N–H and O–H groups in total. The molecule has 0 saturated heterocycles. The molecule has 0 radical (unpaired) electrons. The standard InChI is InChI=1S/C25H34N2OS/c1-7-22(28)17-20(3)10-8-9-19(2)11-12-23-21(4)24(13-14-25(23,5)6)29-27-16-15-26-18-27/h8-12,15-18,24H,7,13-14H2,1-6H3. The molecule has 0 bridgehead atoms. The second-order valence-corrected chi connectivity index (χ2v) is 9.55. The number of rotatable bonds is 8. The summed E-state index contributed by atoms with van der Waals surface area (Å²) in [5.74, 6) is 0.165. The van der Waals surface area contributed by atoms with Gasteiger partial charge in [0, 0.05) is 24.1 Å². The first-order chi connectivity index (χ1) is 13.7. The molecular formula is C25H34N2OS. The minimum absolute atomic E-state index is 0.165. The summed E-state index contributed by atoms with van der Waals surface area (Å²) in [5, 5.41) is 0.477. The molecule has 1 unspecified atom stereocenters. The summed E-state index contributed by atoms with van der Waals surface area (Å²) in [6, 6.07) is 0. The lowest BCUT2D eigenvalue weighted by atomic mass is 9.72. The summed E-state index contributed by atoms with van der Waals surface area (Å²) in [6.07, 6.45) is 20.9. The Morgan fingerprint density at radius 1 is 1.31 bits per heavy atom. The molecule has 29 heavy (non-hydrogen) atoms. The fraction of sp³-hybridized carbons (Fsp3) is 0.440. The highest BCUT2D eigenvalue weighted by atomic mass is 32.2. The van der Waals surface area contributed by atoms with Gasteiger partial charge in [-0.25, -0.2) is 4.98 Å². The molecule has 1 aliphatic carbocycles. The van der Waals surface area contributed by atoms with Gasteiger partial charge in [-0.2, -0.15) is 0 Å². The van der Waals surface area contributed by atoms with Crippen molar-refractivity contribution in [2.45, 2.75) is 66.1 Å². The monoisotopic (exact) mass is 410 g/mol. The predicted octanol–water partition coefficient (Wildman–Crippen LogP) is 6.87. The lowest BCUT2D eigenvalue weighted by molar-refractivity contribution is -0.114. The Morgan fingerprint density at radius 3 is 2.72 bits per heavy atom. The van der Waals surface area contributed by atoms with E-state index < -0.39 is 0 Å². The minimum Gasteiger partial charge on any atom is -0.295 e. The van der Waals surface area contributed by atoms with E-state index in [1.165, 1.54) is 29.6 Å². The average molecular weight is 411 g/mol. The van der Waals surface area contributed by atoms with E-state index >= 15 is 0 Å². The maximum atomic E-state index is 11.5. The average Bonchev–Trinajstić information content (AvgIpc) is 3.17. The number of allylic oxidation sites excluding steroid dienone is 9. The molecule has 156 valence electrons. The molecule has 0 aromatic carbocycles. The van der Waals surface area contributed by atoms with E-state index in [1.807, 2.05) is 56.7 Å². The van der Waals surface area contributed by atoms with Crippen LogP contribution in [0.3, 0.4) is 0 Å². The van der Waals surface area contributed by atoms with Gasteiger partial charge in [-0.1, -0.05) is 62.3 Å². The van der Waals surface area contributed by atoms with Gasteiger partial charge in [-0.3, -0.25) is 8.77 Å². The summed E-state index contributed by atoms with van der Waals surface area (Å²) in [4.78, 5) is 15.6. The number of carbonyl (C=O) groups excluding carboxylic acids is 1. The first-order valence-corrected chi connectivity index (χ1v) is 11.2. The SMILES string of the molecule is CCC(=O)C=C(C)C=CC=C(C)C=CC1=C(C)C(Sn2ccnc2)CCC1(C)C. The van der Waals surface area contributed by atoms with Crippen LogP contribution in [0.15, 0.2) is 77.5 Å². The second-order valence-electron chi connectivity index (χ2n) is 8.35. The lowest BCUT2D eigenvalue weighted by Gasteiger charge is -2.37. The van der Waals surface area contributed by atoms with Crippen LogP contribution in [0, 0.1) is 5.41 Å². The molecule has 1 aromatic rings. The fourth-order valence-corrected chi connectivity index (χ4v) is 4.56. The summed E-state index contributed by atoms with van der Waals surface area (Å²) in [6.45, 7) is 12.9. The van der Waals surface area contributed by atoms with Crippen molar-refractivity contribution in [3.63, 3.8) is 0 Å². The van der Waals surface area contributed by atoms with Crippen molar-refractivity contribution >= 4 is 17.7 Å². The fourth-order valence-electron chi connectivity index (χ4n) is 3.52. The van der Waals surface area contributed by atoms with Crippen LogP contribution in [0.5, 0.6) is 0 Å². The first-order valence-electron chi connectivity index (χ1n) is 10.3. The lowest BCUT2D eigenvalue weighted by Crippen LogP contribution is -2.26. The largest absolute Gasteiger partial charge is 0.295 e. The smallest absolute Gasteiger partial charge is 0.155 e. The molecule has 1 aromatic heterocycles. The van der Waals surface area contributed by atoms with E-state index in [0.29, 0.717) is 11.7 Å². The van der Waals surface area contributed by atoms with Crippen molar-refractivity contribution in [2.75, 3.05) is 0 Å². The number of hydrogen-bond acceptors (Lipinski definition) is 3. The molecule has 1 aliphatic rings. The Balaban J connectivity index is 2.14. The topological polar surface area (TPSA) is 34.9 Å². The number of carbonyl (C=O) groups is 1. The van der Waals surface area contributed by atoms with Crippen molar-refractivity contribution < 1.29 is 4.79 Å². The van der Waals surface area contributed by atoms with Gasteiger partial charge in [0.25, 0.3) is 0 Å². The number of nitrogens with zero attached hydrogens (tertiary/aromatic N) is 2. The third-order valence-electron chi connectivity index (χ3n) is 5.37. The number of aromatic nitrogens is 2. The van der Waals surface area contributed by atoms with E-state index in [2.05, 4.69) is 54.9 Å². The third-order valence-corrected chi connectivity index (χ3v) is 6.67. The Morgan fingerprint density at radius 2 is 2.07 bits per heavy atom. The number of hydrogen-bond donors (Lipinski definition) is 0. The van der Waals surface area contributed by atoms with Crippen LogP contribution in [-0.2, 0) is 4.79 Å². The first kappa shape index (κ1) is 23.2. The van der Waals surface area contributed by atoms with E-state index in [4.69, 9.17) is 0 Å². The molecule has 0 aliphatic heterocycles. The highest BCUT2D eigenvalue weighted by Crippen LogP contribution is 2.44. The quantitative estimate of drug-likeness (QED) is 0.346. The summed E-state index contributed by atoms with van der Waals surface area (Å²) in [5.41, 5.74) is 5.24. The van der Waals surface area contributed by atoms with Gasteiger partial charge in [-0.05, 0) is 68.2 Å². The molecule has 0 amide bonds. The zero-order valence-electron chi connectivity index (χ0n) is 18.6. The van der Waals surface area contributed by atoms with Crippen molar-refractivity contribution in [2.24, 2.45) is 5.41 Å². The Hall–Kier alpha value is -2.07. The molecule has 3 nitrogen and oxygen atoms in total. The van der Waals surface area contributed by atoms with Crippen molar-refractivity contribution in [3.8, 4) is 0 Å². The van der Waals surface area contributed by atoms with Crippen LogP contribution in [-0.4, -0.2) is 20.0 Å². The maximum absolute atomic E-state index is 11.5. The van der Waals surface area contributed by atoms with E-state index in [1.54, 1.807) is 6.08 Å². The van der Waals surface area contributed by atoms with Crippen LogP contribution in [0.1, 0.15) is 60.8 Å². The van der Waals surface area contributed by atoms with Gasteiger partial charge in [0.1, 0.15) is 6.33 Å². The third kappa shape index (κ3) is 7.04. The van der Waals surface area contributed by atoms with E-state index in [-0.39, 0.29) is 11.2 Å². The number of imidazole rings is 1. The molecule has 0 spiro atoms. The van der Waals surface area contributed by atoms with Gasteiger partial charge in [0.15, 0.2) is 5.78 Å². The van der Waals surface area contributed by atoms with Gasteiger partial charge < -0.3 is 0 Å². The molecule has 1 atom stereocenters. The van der Waals surface area contributed by atoms with E-state index in [0.717, 1.165) is 5.57 Å². The van der Waals surface area contributed by atoms with E-state index in [9.17, 15) is 4.79 Å². The minimum atomic E-state index is 0.165. The molecule has 1 heterocycles. The van der Waals surface area contributed by atoms with Crippen LogP contribution >= 0.6 is 11.9 Å². The molecular weight excluding hydrogens is 376 g/mol. The van der Waals surface area contributed by atoms with Crippen molar-refractivity contribution in [3.05, 3.63) is 77.5 Å². The van der Waals surface area contributed by atoms with Gasteiger partial charge in [0.05, 0.1) is 0 Å². The second kappa shape index (κ2) is 10.6. The summed E-state index contributed by atoms with van der Waals surface area (Å²) in [7, 11) is 0. The normalized spacial score (nSPS) is 20.8. The Labute approximate surface area is 180 Å². The predicted molar refractivity (Wildman–Crippen MR) is 126 cm³/mol.